The van der Waals surface area contributed by atoms with Crippen molar-refractivity contribution in [3.05, 3.63) is 58.6 Å². The topological polar surface area (TPSA) is 69.7 Å². The zero-order valence-corrected chi connectivity index (χ0v) is 17.0. The number of carbonyl (C=O) groups is 3. The van der Waals surface area contributed by atoms with Gasteiger partial charge in [0.2, 0.25) is 17.7 Å². The predicted molar refractivity (Wildman–Crippen MR) is 112 cm³/mol. The Kier molecular flexibility index (Phi) is 5.48. The maximum absolute atomic E-state index is 12.8. The van der Waals surface area contributed by atoms with Gasteiger partial charge in [0.25, 0.3) is 0 Å². The molecule has 2 heterocycles. The predicted octanol–water partition coefficient (Wildman–Crippen LogP) is 3.27. The maximum atomic E-state index is 12.8. The highest BCUT2D eigenvalue weighted by Gasteiger charge is 2.41. The minimum atomic E-state index is -0.817. The Hall–Kier alpha value is -2.57. The third kappa shape index (κ3) is 3.82. The molecule has 2 atom stereocenters. The first-order valence-electron chi connectivity index (χ1n) is 9.39. The van der Waals surface area contributed by atoms with E-state index in [-0.39, 0.29) is 11.8 Å². The normalized spacial score (nSPS) is 21.7. The van der Waals surface area contributed by atoms with E-state index in [1.54, 1.807) is 23.1 Å². The van der Waals surface area contributed by atoms with E-state index in [1.807, 2.05) is 30.3 Å². The van der Waals surface area contributed by atoms with Crippen LogP contribution < -0.4 is 15.1 Å². The summed E-state index contributed by atoms with van der Waals surface area (Å²) in [4.78, 5) is 41.4. The zero-order valence-electron chi connectivity index (χ0n) is 15.5. The summed E-state index contributed by atoms with van der Waals surface area (Å²) in [5.41, 5.74) is 1.41. The third-order valence-electron chi connectivity index (χ3n) is 5.33. The highest BCUT2D eigenvalue weighted by molar-refractivity contribution is 6.42. The van der Waals surface area contributed by atoms with E-state index in [4.69, 9.17) is 23.2 Å². The van der Waals surface area contributed by atoms with E-state index in [9.17, 15) is 14.4 Å². The minimum absolute atomic E-state index is 0.156. The van der Waals surface area contributed by atoms with Crippen LogP contribution in [-0.2, 0) is 14.4 Å². The largest absolute Gasteiger partial charge is 0.344 e. The van der Waals surface area contributed by atoms with Crippen molar-refractivity contribution >= 4 is 52.3 Å². The molecule has 150 valence electrons. The number of para-hydroxylation sites is 1. The standard InChI is InChI=1S/C21H19Cl2N3O3/c22-16-7-6-14(12-17(16)23)26-10-8-15(20(26)28)19(27)24-18-9-11-25(21(18)29)13-4-2-1-3-5-13/h1-7,12,15,18H,8-11H2,(H,24,27). The van der Waals surface area contributed by atoms with Gasteiger partial charge < -0.3 is 15.1 Å². The minimum Gasteiger partial charge on any atom is -0.344 e. The molecule has 2 aromatic rings. The molecule has 4 rings (SSSR count). The van der Waals surface area contributed by atoms with Crippen molar-refractivity contribution < 1.29 is 14.4 Å². The van der Waals surface area contributed by atoms with Crippen molar-refractivity contribution in [2.24, 2.45) is 5.92 Å². The van der Waals surface area contributed by atoms with Crippen LogP contribution in [0.15, 0.2) is 48.5 Å². The summed E-state index contributed by atoms with van der Waals surface area (Å²) in [5, 5.41) is 3.52. The first-order chi connectivity index (χ1) is 14.0. The second-order valence-corrected chi connectivity index (χ2v) is 7.92. The second kappa shape index (κ2) is 8.05. The Morgan fingerprint density at radius 2 is 1.55 bits per heavy atom. The molecule has 2 aromatic carbocycles. The number of nitrogens with one attached hydrogen (secondary N) is 1. The van der Waals surface area contributed by atoms with Gasteiger partial charge in [0.15, 0.2) is 0 Å². The smallest absolute Gasteiger partial charge is 0.249 e. The number of nitrogens with zero attached hydrogens (tertiary/aromatic N) is 2. The fraction of sp³-hybridized carbons (Fsp3) is 0.286. The molecule has 0 aliphatic carbocycles. The number of rotatable bonds is 4. The molecule has 0 bridgehead atoms. The lowest BCUT2D eigenvalue weighted by Gasteiger charge is -2.19. The Morgan fingerprint density at radius 3 is 2.28 bits per heavy atom. The molecule has 2 aliphatic heterocycles. The molecule has 3 amide bonds. The number of amides is 3. The lowest BCUT2D eigenvalue weighted by Crippen LogP contribution is -2.45. The molecule has 0 aromatic heterocycles. The number of hydrogen-bond donors (Lipinski definition) is 1. The van der Waals surface area contributed by atoms with Crippen LogP contribution in [0, 0.1) is 5.92 Å². The van der Waals surface area contributed by atoms with E-state index >= 15 is 0 Å². The molecule has 0 spiro atoms. The van der Waals surface area contributed by atoms with Crippen LogP contribution in [0.2, 0.25) is 10.0 Å². The van der Waals surface area contributed by atoms with Crippen LogP contribution in [0.1, 0.15) is 12.8 Å². The summed E-state index contributed by atoms with van der Waals surface area (Å²) in [6, 6.07) is 13.6. The van der Waals surface area contributed by atoms with Gasteiger partial charge in [0, 0.05) is 24.5 Å². The quantitative estimate of drug-likeness (QED) is 0.755. The number of benzene rings is 2. The monoisotopic (exact) mass is 431 g/mol. The van der Waals surface area contributed by atoms with Crippen LogP contribution in [0.4, 0.5) is 11.4 Å². The molecule has 1 N–H and O–H groups in total. The molecule has 2 unspecified atom stereocenters. The molecular weight excluding hydrogens is 413 g/mol. The molecule has 2 saturated heterocycles. The van der Waals surface area contributed by atoms with Crippen molar-refractivity contribution in [2.75, 3.05) is 22.9 Å². The van der Waals surface area contributed by atoms with Gasteiger partial charge in [-0.25, -0.2) is 0 Å². The van der Waals surface area contributed by atoms with Crippen LogP contribution in [0.3, 0.4) is 0 Å². The van der Waals surface area contributed by atoms with Gasteiger partial charge >= 0.3 is 0 Å². The maximum Gasteiger partial charge on any atom is 0.249 e. The molecule has 2 aliphatic rings. The lowest BCUT2D eigenvalue weighted by atomic mass is 10.1. The Labute approximate surface area is 178 Å². The highest BCUT2D eigenvalue weighted by atomic mass is 35.5. The van der Waals surface area contributed by atoms with Crippen molar-refractivity contribution in [1.29, 1.82) is 0 Å². The molecule has 8 heteroatoms. The summed E-state index contributed by atoms with van der Waals surface area (Å²) in [6.07, 6.45) is 0.894. The Morgan fingerprint density at radius 1 is 0.862 bits per heavy atom. The number of anilines is 2. The zero-order chi connectivity index (χ0) is 20.5. The van der Waals surface area contributed by atoms with Crippen molar-refractivity contribution in [3.8, 4) is 0 Å². The number of hydrogen-bond acceptors (Lipinski definition) is 3. The average molecular weight is 432 g/mol. The SMILES string of the molecule is O=C(NC1CCN(c2ccccc2)C1=O)C1CCN(c2ccc(Cl)c(Cl)c2)C1=O. The van der Waals surface area contributed by atoms with Crippen LogP contribution >= 0.6 is 23.2 Å². The number of halogens is 2. The molecule has 0 radical (unpaired) electrons. The van der Waals surface area contributed by atoms with Gasteiger partial charge in [-0.1, -0.05) is 41.4 Å². The summed E-state index contributed by atoms with van der Waals surface area (Å²) >= 11 is 12.0. The number of carbonyl (C=O) groups excluding carboxylic acids is 3. The van der Waals surface area contributed by atoms with E-state index < -0.39 is 17.9 Å². The molecular formula is C21H19Cl2N3O3. The van der Waals surface area contributed by atoms with Gasteiger partial charge in [-0.05, 0) is 43.2 Å². The van der Waals surface area contributed by atoms with Crippen molar-refractivity contribution in [1.82, 2.24) is 5.32 Å². The molecule has 0 saturated carbocycles. The van der Waals surface area contributed by atoms with E-state index in [0.717, 1.165) is 5.69 Å². The fourth-order valence-electron chi connectivity index (χ4n) is 3.78. The van der Waals surface area contributed by atoms with Gasteiger partial charge in [-0.2, -0.15) is 0 Å². The van der Waals surface area contributed by atoms with Crippen LogP contribution in [0.25, 0.3) is 0 Å². The highest BCUT2D eigenvalue weighted by Crippen LogP contribution is 2.31. The molecule has 6 nitrogen and oxygen atoms in total. The lowest BCUT2D eigenvalue weighted by molar-refractivity contribution is -0.134. The molecule has 2 fully saturated rings. The molecule has 29 heavy (non-hydrogen) atoms. The summed E-state index contributed by atoms with van der Waals surface area (Å²) < 4.78 is 0. The van der Waals surface area contributed by atoms with Gasteiger partial charge in [0.1, 0.15) is 12.0 Å². The first kappa shape index (κ1) is 19.7. The second-order valence-electron chi connectivity index (χ2n) is 7.10. The van der Waals surface area contributed by atoms with Crippen molar-refractivity contribution in [3.63, 3.8) is 0 Å². The van der Waals surface area contributed by atoms with Gasteiger partial charge in [-0.15, -0.1) is 0 Å². The van der Waals surface area contributed by atoms with Gasteiger partial charge in [0.05, 0.1) is 10.0 Å². The fourth-order valence-corrected chi connectivity index (χ4v) is 4.08. The summed E-state index contributed by atoms with van der Waals surface area (Å²) in [5.74, 6) is -1.68. The Bertz CT molecular complexity index is 967. The van der Waals surface area contributed by atoms with Gasteiger partial charge in [-0.3, -0.25) is 14.4 Å². The third-order valence-corrected chi connectivity index (χ3v) is 6.07. The van der Waals surface area contributed by atoms with Crippen molar-refractivity contribution in [2.45, 2.75) is 18.9 Å². The Balaban J connectivity index is 1.41. The van der Waals surface area contributed by atoms with E-state index in [2.05, 4.69) is 5.32 Å². The summed E-state index contributed by atoms with van der Waals surface area (Å²) in [7, 11) is 0. The average Bonchev–Trinajstić information content (AvgIpc) is 3.28. The van der Waals surface area contributed by atoms with Crippen LogP contribution in [0.5, 0.6) is 0 Å². The van der Waals surface area contributed by atoms with E-state index in [1.165, 1.54) is 4.90 Å². The summed E-state index contributed by atoms with van der Waals surface area (Å²) in [6.45, 7) is 0.936. The van der Waals surface area contributed by atoms with Crippen LogP contribution in [-0.4, -0.2) is 36.9 Å². The first-order valence-corrected chi connectivity index (χ1v) is 10.1. The van der Waals surface area contributed by atoms with E-state index in [0.29, 0.717) is 41.7 Å².